The van der Waals surface area contributed by atoms with Crippen molar-refractivity contribution in [2.75, 3.05) is 0 Å². The third kappa shape index (κ3) is 4.53. The topological polar surface area (TPSA) is 57.8 Å². The Labute approximate surface area is 180 Å². The molecule has 1 aromatic carbocycles. The maximum Gasteiger partial charge on any atom is 0.416 e. The predicted molar refractivity (Wildman–Crippen MR) is 107 cm³/mol. The number of alkyl halides is 3. The first kappa shape index (κ1) is 20.9. The van der Waals surface area contributed by atoms with E-state index in [2.05, 4.69) is 31.2 Å². The second-order valence-electron chi connectivity index (χ2n) is 7.49. The molecule has 1 saturated carbocycles. The zero-order valence-electron chi connectivity index (χ0n) is 16.3. The SMILES string of the molecule is Cn1c(COc2cccc(C(F)(F)F)c2)nnc1[C@H]1CC[C@H](n2cc(Br)cn2)CC1. The van der Waals surface area contributed by atoms with E-state index < -0.39 is 11.7 Å². The molecule has 2 heterocycles. The monoisotopic (exact) mass is 483 g/mol. The minimum atomic E-state index is -4.40. The van der Waals surface area contributed by atoms with Gasteiger partial charge in [-0.3, -0.25) is 4.68 Å². The van der Waals surface area contributed by atoms with Gasteiger partial charge in [0.05, 0.1) is 22.3 Å². The molecule has 0 N–H and O–H groups in total. The average molecular weight is 484 g/mol. The van der Waals surface area contributed by atoms with Crippen LogP contribution >= 0.6 is 15.9 Å². The van der Waals surface area contributed by atoms with Crippen LogP contribution in [0.1, 0.15) is 54.9 Å². The van der Waals surface area contributed by atoms with Crippen LogP contribution in [0.15, 0.2) is 41.1 Å². The van der Waals surface area contributed by atoms with Crippen molar-refractivity contribution in [1.82, 2.24) is 24.5 Å². The Hall–Kier alpha value is -2.36. The Morgan fingerprint density at radius 3 is 2.60 bits per heavy atom. The first-order chi connectivity index (χ1) is 14.3. The van der Waals surface area contributed by atoms with E-state index in [-0.39, 0.29) is 12.4 Å². The summed E-state index contributed by atoms with van der Waals surface area (Å²) in [6.45, 7) is 0.0570. The van der Waals surface area contributed by atoms with Gasteiger partial charge in [-0.2, -0.15) is 18.3 Å². The van der Waals surface area contributed by atoms with Gasteiger partial charge >= 0.3 is 6.18 Å². The van der Waals surface area contributed by atoms with Gasteiger partial charge in [0.1, 0.15) is 18.2 Å². The van der Waals surface area contributed by atoms with Crippen molar-refractivity contribution in [1.29, 1.82) is 0 Å². The van der Waals surface area contributed by atoms with Gasteiger partial charge < -0.3 is 9.30 Å². The Bertz CT molecular complexity index is 1010. The Balaban J connectivity index is 1.38. The van der Waals surface area contributed by atoms with Crippen LogP contribution in [0, 0.1) is 0 Å². The second-order valence-corrected chi connectivity index (χ2v) is 8.41. The van der Waals surface area contributed by atoms with E-state index in [1.54, 1.807) is 6.20 Å². The lowest BCUT2D eigenvalue weighted by molar-refractivity contribution is -0.137. The Morgan fingerprint density at radius 2 is 1.93 bits per heavy atom. The molecule has 3 aromatic rings. The van der Waals surface area contributed by atoms with Crippen molar-refractivity contribution in [3.8, 4) is 5.75 Å². The summed E-state index contributed by atoms with van der Waals surface area (Å²) in [6, 6.07) is 5.22. The van der Waals surface area contributed by atoms with Gasteiger partial charge in [-0.05, 0) is 59.8 Å². The molecule has 0 radical (unpaired) electrons. The molecule has 30 heavy (non-hydrogen) atoms. The van der Waals surface area contributed by atoms with Gasteiger partial charge in [-0.1, -0.05) is 6.07 Å². The molecule has 2 aromatic heterocycles. The van der Waals surface area contributed by atoms with Gasteiger partial charge in [-0.15, -0.1) is 10.2 Å². The van der Waals surface area contributed by atoms with Gasteiger partial charge in [0, 0.05) is 19.2 Å². The summed E-state index contributed by atoms with van der Waals surface area (Å²) in [5.41, 5.74) is -0.736. The number of rotatable bonds is 5. The maximum atomic E-state index is 12.9. The second kappa shape index (κ2) is 8.41. The first-order valence-electron chi connectivity index (χ1n) is 9.69. The smallest absolute Gasteiger partial charge is 0.416 e. The predicted octanol–water partition coefficient (Wildman–Crippen LogP) is 5.27. The highest BCUT2D eigenvalue weighted by atomic mass is 79.9. The molecule has 160 valence electrons. The van der Waals surface area contributed by atoms with E-state index in [9.17, 15) is 13.2 Å². The third-order valence-electron chi connectivity index (χ3n) is 5.53. The van der Waals surface area contributed by atoms with Crippen LogP contribution in [0.25, 0.3) is 0 Å². The van der Waals surface area contributed by atoms with Crippen molar-refractivity contribution in [3.05, 3.63) is 58.3 Å². The van der Waals surface area contributed by atoms with Crippen LogP contribution in [0.2, 0.25) is 0 Å². The summed E-state index contributed by atoms with van der Waals surface area (Å²) in [7, 11) is 1.87. The fourth-order valence-electron chi connectivity index (χ4n) is 3.88. The lowest BCUT2D eigenvalue weighted by atomic mass is 9.85. The highest BCUT2D eigenvalue weighted by Gasteiger charge is 2.31. The average Bonchev–Trinajstić information content (AvgIpc) is 3.32. The molecule has 1 aliphatic rings. The molecular formula is C20H21BrF3N5O. The van der Waals surface area contributed by atoms with Crippen LogP contribution in [-0.2, 0) is 19.8 Å². The van der Waals surface area contributed by atoms with E-state index in [0.717, 1.165) is 48.1 Å². The number of halogens is 4. The molecule has 0 spiro atoms. The highest BCUT2D eigenvalue weighted by molar-refractivity contribution is 9.10. The molecule has 6 nitrogen and oxygen atoms in total. The van der Waals surface area contributed by atoms with E-state index >= 15 is 0 Å². The maximum absolute atomic E-state index is 12.9. The van der Waals surface area contributed by atoms with E-state index in [0.29, 0.717) is 17.8 Å². The molecule has 1 aliphatic carbocycles. The third-order valence-corrected chi connectivity index (χ3v) is 5.94. The normalized spacial score (nSPS) is 19.8. The molecule has 0 atom stereocenters. The molecule has 0 amide bonds. The lowest BCUT2D eigenvalue weighted by Crippen LogP contribution is -2.19. The number of benzene rings is 1. The summed E-state index contributed by atoms with van der Waals surface area (Å²) < 4.78 is 49.0. The number of aromatic nitrogens is 5. The fourth-order valence-corrected chi connectivity index (χ4v) is 4.18. The lowest BCUT2D eigenvalue weighted by Gasteiger charge is -2.28. The van der Waals surface area contributed by atoms with Crippen LogP contribution < -0.4 is 4.74 Å². The van der Waals surface area contributed by atoms with Crippen molar-refractivity contribution in [2.45, 2.75) is 50.4 Å². The summed E-state index contributed by atoms with van der Waals surface area (Å²) in [4.78, 5) is 0. The summed E-state index contributed by atoms with van der Waals surface area (Å²) in [5, 5.41) is 12.9. The minimum Gasteiger partial charge on any atom is -0.486 e. The van der Waals surface area contributed by atoms with Crippen molar-refractivity contribution >= 4 is 15.9 Å². The molecule has 0 unspecified atom stereocenters. The molecule has 0 saturated heterocycles. The molecule has 10 heteroatoms. The molecule has 0 bridgehead atoms. The van der Waals surface area contributed by atoms with Gasteiger partial charge in [0.25, 0.3) is 0 Å². The Morgan fingerprint density at radius 1 is 1.17 bits per heavy atom. The fraction of sp³-hybridized carbons (Fsp3) is 0.450. The van der Waals surface area contributed by atoms with Crippen molar-refractivity contribution < 1.29 is 17.9 Å². The van der Waals surface area contributed by atoms with E-state index in [1.807, 2.05) is 22.5 Å². The molecule has 0 aliphatic heterocycles. The summed E-state index contributed by atoms with van der Waals surface area (Å²) >= 11 is 3.43. The van der Waals surface area contributed by atoms with Crippen LogP contribution in [0.3, 0.4) is 0 Å². The van der Waals surface area contributed by atoms with Crippen LogP contribution in [0.4, 0.5) is 13.2 Å². The quantitative estimate of drug-likeness (QED) is 0.495. The van der Waals surface area contributed by atoms with Gasteiger partial charge in [0.15, 0.2) is 5.82 Å². The van der Waals surface area contributed by atoms with E-state index in [4.69, 9.17) is 4.74 Å². The first-order valence-corrected chi connectivity index (χ1v) is 10.5. The zero-order valence-corrected chi connectivity index (χ0v) is 17.9. The Kier molecular flexibility index (Phi) is 5.86. The number of nitrogens with zero attached hydrogens (tertiary/aromatic N) is 5. The van der Waals surface area contributed by atoms with E-state index in [1.165, 1.54) is 12.1 Å². The summed E-state index contributed by atoms with van der Waals surface area (Å²) in [6.07, 6.45) is 3.35. The van der Waals surface area contributed by atoms with Gasteiger partial charge in [0.2, 0.25) is 0 Å². The summed E-state index contributed by atoms with van der Waals surface area (Å²) in [5.74, 6) is 1.92. The molecule has 4 rings (SSSR count). The van der Waals surface area contributed by atoms with Crippen LogP contribution in [0.5, 0.6) is 5.75 Å². The highest BCUT2D eigenvalue weighted by Crippen LogP contribution is 2.37. The zero-order chi connectivity index (χ0) is 21.3. The number of hydrogen-bond donors (Lipinski definition) is 0. The standard InChI is InChI=1S/C20H21BrF3N5O/c1-28-18(12-30-17-4-2-3-14(9-17)20(22,23)24)26-27-19(28)13-5-7-16(8-6-13)29-11-15(21)10-25-29/h2-4,9-11,13,16H,5-8,12H2,1H3/t13-,16-. The van der Waals surface area contributed by atoms with Crippen molar-refractivity contribution in [3.63, 3.8) is 0 Å². The van der Waals surface area contributed by atoms with Crippen LogP contribution in [-0.4, -0.2) is 24.5 Å². The van der Waals surface area contributed by atoms with Gasteiger partial charge in [-0.25, -0.2) is 0 Å². The largest absolute Gasteiger partial charge is 0.486 e. The van der Waals surface area contributed by atoms with Crippen molar-refractivity contribution in [2.24, 2.45) is 7.05 Å². The number of hydrogen-bond acceptors (Lipinski definition) is 4. The number of ether oxygens (including phenoxy) is 1. The molecule has 1 fully saturated rings. The minimum absolute atomic E-state index is 0.0570. The molecular weight excluding hydrogens is 463 g/mol.